The second-order valence-electron chi connectivity index (χ2n) is 5.36. The minimum Gasteiger partial charge on any atom is -0.494 e. The third-order valence-electron chi connectivity index (χ3n) is 3.70. The highest BCUT2D eigenvalue weighted by molar-refractivity contribution is 9.11. The summed E-state index contributed by atoms with van der Waals surface area (Å²) in [5.74, 6) is 0.852. The van der Waals surface area contributed by atoms with Crippen molar-refractivity contribution in [2.45, 2.75) is 32.7 Å². The summed E-state index contributed by atoms with van der Waals surface area (Å²) in [6.07, 6.45) is 4.10. The monoisotopic (exact) mass is 375 g/mol. The molecule has 18 heavy (non-hydrogen) atoms. The Hall–Kier alpha value is -0.0600. The highest BCUT2D eigenvalue weighted by atomic mass is 79.9. The summed E-state index contributed by atoms with van der Waals surface area (Å²) in [6.45, 7) is 4.37. The molecular formula is C14H19Br2NO. The fourth-order valence-corrected chi connectivity index (χ4v) is 3.98. The van der Waals surface area contributed by atoms with Crippen molar-refractivity contribution in [1.82, 2.24) is 5.32 Å². The van der Waals surface area contributed by atoms with Gasteiger partial charge in [-0.15, -0.1) is 0 Å². The lowest BCUT2D eigenvalue weighted by Crippen LogP contribution is -2.36. The number of hydrogen-bond acceptors (Lipinski definition) is 2. The molecule has 0 bridgehead atoms. The third-order valence-corrected chi connectivity index (χ3v) is 4.88. The number of rotatable bonds is 5. The van der Waals surface area contributed by atoms with E-state index in [1.807, 2.05) is 0 Å². The zero-order chi connectivity index (χ0) is 13.2. The van der Waals surface area contributed by atoms with Crippen molar-refractivity contribution in [3.63, 3.8) is 0 Å². The van der Waals surface area contributed by atoms with Gasteiger partial charge in [0.1, 0.15) is 5.75 Å². The first kappa shape index (κ1) is 14.4. The molecule has 4 heteroatoms. The highest BCUT2D eigenvalue weighted by Gasteiger charge is 2.30. The van der Waals surface area contributed by atoms with E-state index in [1.54, 1.807) is 7.11 Å². The second-order valence-corrected chi connectivity index (χ2v) is 7.07. The molecule has 1 aromatic rings. The first-order valence-electron chi connectivity index (χ1n) is 6.27. The molecule has 2 nitrogen and oxygen atoms in total. The van der Waals surface area contributed by atoms with Crippen LogP contribution in [0.15, 0.2) is 21.1 Å². The van der Waals surface area contributed by atoms with Crippen LogP contribution in [0.25, 0.3) is 0 Å². The van der Waals surface area contributed by atoms with E-state index in [2.05, 4.69) is 56.2 Å². The Balaban J connectivity index is 1.93. The van der Waals surface area contributed by atoms with Gasteiger partial charge in [-0.05, 0) is 67.8 Å². The third kappa shape index (κ3) is 3.28. The summed E-state index contributed by atoms with van der Waals surface area (Å²) in [7, 11) is 1.68. The second kappa shape index (κ2) is 5.93. The molecule has 2 rings (SSSR count). The van der Waals surface area contributed by atoms with Gasteiger partial charge in [-0.2, -0.15) is 0 Å². The van der Waals surface area contributed by atoms with Crippen LogP contribution in [0.5, 0.6) is 5.75 Å². The van der Waals surface area contributed by atoms with E-state index in [-0.39, 0.29) is 0 Å². The number of ether oxygens (including phenoxy) is 1. The van der Waals surface area contributed by atoms with Gasteiger partial charge in [0, 0.05) is 13.1 Å². The summed E-state index contributed by atoms with van der Waals surface area (Å²) >= 11 is 7.06. The lowest BCUT2D eigenvalue weighted by Gasteiger charge is -2.38. The fraction of sp³-hybridized carbons (Fsp3) is 0.571. The first-order valence-corrected chi connectivity index (χ1v) is 7.85. The standard InChI is InChI=1S/C14H19Br2NO/c1-14(4-3-5-14)9-17-8-10-6-11(15)13(18-2)12(16)7-10/h6-7,17H,3-5,8-9H2,1-2H3. The Kier molecular flexibility index (Phi) is 4.73. The van der Waals surface area contributed by atoms with Crippen molar-refractivity contribution in [3.8, 4) is 5.75 Å². The van der Waals surface area contributed by atoms with E-state index in [4.69, 9.17) is 4.74 Å². The summed E-state index contributed by atoms with van der Waals surface area (Å²) < 4.78 is 7.29. The number of nitrogens with one attached hydrogen (secondary N) is 1. The number of benzene rings is 1. The molecule has 0 amide bonds. The molecule has 1 saturated carbocycles. The summed E-state index contributed by atoms with van der Waals surface area (Å²) in [5.41, 5.74) is 1.79. The van der Waals surface area contributed by atoms with Crippen LogP contribution in [-0.4, -0.2) is 13.7 Å². The number of methoxy groups -OCH3 is 1. The lowest BCUT2D eigenvalue weighted by atomic mass is 9.70. The van der Waals surface area contributed by atoms with Crippen LogP contribution in [0.2, 0.25) is 0 Å². The van der Waals surface area contributed by atoms with Crippen molar-refractivity contribution in [1.29, 1.82) is 0 Å². The van der Waals surface area contributed by atoms with Crippen LogP contribution >= 0.6 is 31.9 Å². The first-order chi connectivity index (χ1) is 8.54. The van der Waals surface area contributed by atoms with Gasteiger partial charge in [-0.1, -0.05) is 13.3 Å². The average Bonchev–Trinajstić information content (AvgIpc) is 2.26. The maximum Gasteiger partial charge on any atom is 0.147 e. The minimum absolute atomic E-state index is 0.529. The molecule has 0 spiro atoms. The van der Waals surface area contributed by atoms with E-state index in [0.29, 0.717) is 5.41 Å². The van der Waals surface area contributed by atoms with E-state index in [0.717, 1.165) is 27.8 Å². The molecule has 1 aromatic carbocycles. The van der Waals surface area contributed by atoms with Crippen molar-refractivity contribution >= 4 is 31.9 Å². The van der Waals surface area contributed by atoms with Gasteiger partial charge in [0.05, 0.1) is 16.1 Å². The van der Waals surface area contributed by atoms with Gasteiger partial charge < -0.3 is 10.1 Å². The molecule has 100 valence electrons. The summed E-state index contributed by atoms with van der Waals surface area (Å²) in [5, 5.41) is 3.55. The lowest BCUT2D eigenvalue weighted by molar-refractivity contribution is 0.156. The molecule has 0 aromatic heterocycles. The Bertz CT molecular complexity index is 407. The smallest absolute Gasteiger partial charge is 0.147 e. The molecule has 1 aliphatic carbocycles. The Labute approximate surface area is 126 Å². The van der Waals surface area contributed by atoms with Crippen molar-refractivity contribution in [2.24, 2.45) is 5.41 Å². The van der Waals surface area contributed by atoms with E-state index < -0.39 is 0 Å². The number of halogens is 2. The van der Waals surface area contributed by atoms with E-state index >= 15 is 0 Å². The van der Waals surface area contributed by atoms with Crippen LogP contribution in [0.4, 0.5) is 0 Å². The summed E-state index contributed by atoms with van der Waals surface area (Å²) in [6, 6.07) is 4.22. The maximum absolute atomic E-state index is 5.30. The van der Waals surface area contributed by atoms with Gasteiger partial charge in [0.2, 0.25) is 0 Å². The van der Waals surface area contributed by atoms with Crippen molar-refractivity contribution in [2.75, 3.05) is 13.7 Å². The topological polar surface area (TPSA) is 21.3 Å². The zero-order valence-corrected chi connectivity index (χ0v) is 14.0. The van der Waals surface area contributed by atoms with Gasteiger partial charge in [0.25, 0.3) is 0 Å². The molecule has 0 unspecified atom stereocenters. The van der Waals surface area contributed by atoms with Crippen LogP contribution in [0.3, 0.4) is 0 Å². The maximum atomic E-state index is 5.30. The van der Waals surface area contributed by atoms with Gasteiger partial charge in [0.15, 0.2) is 0 Å². The molecule has 0 heterocycles. The Morgan fingerprint density at radius 3 is 2.33 bits per heavy atom. The van der Waals surface area contributed by atoms with E-state index in [9.17, 15) is 0 Å². The van der Waals surface area contributed by atoms with Gasteiger partial charge >= 0.3 is 0 Å². The minimum atomic E-state index is 0.529. The predicted octanol–water partition coefficient (Wildman–Crippen LogP) is 4.50. The van der Waals surface area contributed by atoms with Crippen LogP contribution < -0.4 is 10.1 Å². The fourth-order valence-electron chi connectivity index (χ4n) is 2.38. The predicted molar refractivity (Wildman–Crippen MR) is 82.1 cm³/mol. The summed E-state index contributed by atoms with van der Waals surface area (Å²) in [4.78, 5) is 0. The zero-order valence-electron chi connectivity index (χ0n) is 10.9. The van der Waals surface area contributed by atoms with E-state index in [1.165, 1.54) is 24.8 Å². The average molecular weight is 377 g/mol. The Morgan fingerprint density at radius 1 is 1.28 bits per heavy atom. The Morgan fingerprint density at radius 2 is 1.89 bits per heavy atom. The van der Waals surface area contributed by atoms with Crippen molar-refractivity contribution in [3.05, 3.63) is 26.6 Å². The van der Waals surface area contributed by atoms with Gasteiger partial charge in [-0.25, -0.2) is 0 Å². The molecule has 0 saturated heterocycles. The normalized spacial score (nSPS) is 17.3. The highest BCUT2D eigenvalue weighted by Crippen LogP contribution is 2.39. The van der Waals surface area contributed by atoms with Gasteiger partial charge in [-0.3, -0.25) is 0 Å². The SMILES string of the molecule is COc1c(Br)cc(CNCC2(C)CCC2)cc1Br. The molecule has 1 fully saturated rings. The molecule has 1 aliphatic rings. The van der Waals surface area contributed by atoms with Crippen molar-refractivity contribution < 1.29 is 4.74 Å². The molecule has 0 radical (unpaired) electrons. The van der Waals surface area contributed by atoms with Crippen LogP contribution in [0, 0.1) is 5.41 Å². The molecule has 0 atom stereocenters. The number of hydrogen-bond donors (Lipinski definition) is 1. The quantitative estimate of drug-likeness (QED) is 0.816. The molecular weight excluding hydrogens is 358 g/mol. The molecule has 1 N–H and O–H groups in total. The molecule has 0 aliphatic heterocycles. The van der Waals surface area contributed by atoms with Crippen LogP contribution in [-0.2, 0) is 6.54 Å². The van der Waals surface area contributed by atoms with Crippen LogP contribution in [0.1, 0.15) is 31.7 Å². The largest absolute Gasteiger partial charge is 0.494 e.